The molecule has 0 unspecified atom stereocenters. The zero-order valence-corrected chi connectivity index (χ0v) is 28.1. The second-order valence-electron chi connectivity index (χ2n) is 13.1. The number of furan rings is 1. The predicted molar refractivity (Wildman–Crippen MR) is 214 cm³/mol. The van der Waals surface area contributed by atoms with Gasteiger partial charge >= 0.3 is 0 Å². The van der Waals surface area contributed by atoms with Gasteiger partial charge in [0.2, 0.25) is 0 Å². The van der Waals surface area contributed by atoms with Crippen LogP contribution in [0.25, 0.3) is 71.7 Å². The van der Waals surface area contributed by atoms with Crippen LogP contribution in [-0.2, 0) is 0 Å². The number of hydrogen-bond acceptors (Lipinski definition) is 2. The lowest BCUT2D eigenvalue weighted by atomic mass is 10.0. The van der Waals surface area contributed by atoms with Crippen LogP contribution in [0.4, 0.5) is 21.5 Å². The normalized spacial score (nSPS) is 11.6. The minimum atomic E-state index is -0.310. The van der Waals surface area contributed by atoms with E-state index in [-0.39, 0.29) is 5.82 Å². The fraction of sp³-hybridized carbons (Fsp3) is 0. The Morgan fingerprint density at radius 1 is 0.404 bits per heavy atom. The Kier molecular flexibility index (Phi) is 7.00. The SMILES string of the molecule is Fc1cc(-n2c3ccccc3c3ccccc32)c2oc3cc(N(c4ccc(-c5ccccc5)cc4)c4ccc(-c5ccccc5)cc4)ccc3c2c1. The topological polar surface area (TPSA) is 21.3 Å². The first-order valence-electron chi connectivity index (χ1n) is 17.5. The molecule has 0 amide bonds. The quantitative estimate of drug-likeness (QED) is 0.176. The first kappa shape index (κ1) is 30.0. The standard InChI is InChI=1S/C48H31FN2O/c49-36-29-43-42-28-27-39(31-47(42)52-48(43)46(30-36)51-44-17-9-7-15-40(44)41-16-8-10-18-45(41)51)50(37-23-19-34(20-24-37)32-11-3-1-4-12-32)38-25-21-35(22-26-38)33-13-5-2-6-14-33/h1-31H. The molecule has 0 bridgehead atoms. The molecule has 0 N–H and O–H groups in total. The highest BCUT2D eigenvalue weighted by Gasteiger charge is 2.21. The highest BCUT2D eigenvalue weighted by Crippen LogP contribution is 2.42. The zero-order valence-electron chi connectivity index (χ0n) is 28.1. The van der Waals surface area contributed by atoms with Gasteiger partial charge in [-0.15, -0.1) is 0 Å². The van der Waals surface area contributed by atoms with Crippen LogP contribution in [-0.4, -0.2) is 4.57 Å². The molecule has 10 rings (SSSR count). The van der Waals surface area contributed by atoms with Crippen LogP contribution in [0.3, 0.4) is 0 Å². The lowest BCUT2D eigenvalue weighted by Crippen LogP contribution is -2.09. The molecule has 0 aliphatic rings. The number of hydrogen-bond donors (Lipinski definition) is 0. The first-order chi connectivity index (χ1) is 25.7. The number of nitrogens with zero attached hydrogens (tertiary/aromatic N) is 2. The van der Waals surface area contributed by atoms with Crippen molar-refractivity contribution in [2.24, 2.45) is 0 Å². The summed E-state index contributed by atoms with van der Waals surface area (Å²) >= 11 is 0. The fourth-order valence-corrected chi connectivity index (χ4v) is 7.62. The number of anilines is 3. The Morgan fingerprint density at radius 2 is 0.885 bits per heavy atom. The number of halogens is 1. The summed E-state index contributed by atoms with van der Waals surface area (Å²) < 4.78 is 24.5. The maximum atomic E-state index is 15.6. The molecule has 4 heteroatoms. The molecule has 0 aliphatic carbocycles. The van der Waals surface area contributed by atoms with Crippen molar-refractivity contribution in [3.8, 4) is 27.9 Å². The molecular weight excluding hydrogens is 640 g/mol. The summed E-state index contributed by atoms with van der Waals surface area (Å²) in [4.78, 5) is 2.24. The van der Waals surface area contributed by atoms with Crippen molar-refractivity contribution < 1.29 is 8.81 Å². The monoisotopic (exact) mass is 670 g/mol. The van der Waals surface area contributed by atoms with E-state index >= 15 is 4.39 Å². The summed E-state index contributed by atoms with van der Waals surface area (Å²) in [7, 11) is 0. The van der Waals surface area contributed by atoms with E-state index in [2.05, 4.69) is 149 Å². The molecule has 0 aliphatic heterocycles. The third-order valence-electron chi connectivity index (χ3n) is 10.0. The van der Waals surface area contributed by atoms with E-state index < -0.39 is 0 Å². The average Bonchev–Trinajstić information content (AvgIpc) is 3.74. The van der Waals surface area contributed by atoms with E-state index in [9.17, 15) is 0 Å². The summed E-state index contributed by atoms with van der Waals surface area (Å²) in [6, 6.07) is 64.0. The van der Waals surface area contributed by atoms with Gasteiger partial charge < -0.3 is 13.9 Å². The summed E-state index contributed by atoms with van der Waals surface area (Å²) in [6.45, 7) is 0. The largest absolute Gasteiger partial charge is 0.454 e. The van der Waals surface area contributed by atoms with Gasteiger partial charge in [0, 0.05) is 50.7 Å². The van der Waals surface area contributed by atoms with Crippen molar-refractivity contribution >= 4 is 60.8 Å². The Hall–Kier alpha value is -6.91. The predicted octanol–water partition coefficient (Wildman–Crippen LogP) is 13.6. The first-order valence-corrected chi connectivity index (χ1v) is 17.5. The van der Waals surface area contributed by atoms with Gasteiger partial charge in [0.25, 0.3) is 0 Å². The maximum Gasteiger partial charge on any atom is 0.159 e. The van der Waals surface area contributed by atoms with E-state index in [4.69, 9.17) is 4.42 Å². The summed E-state index contributed by atoms with van der Waals surface area (Å²) in [5.74, 6) is -0.310. The zero-order chi connectivity index (χ0) is 34.6. The molecule has 0 fully saturated rings. The number of para-hydroxylation sites is 2. The van der Waals surface area contributed by atoms with E-state index in [0.717, 1.165) is 60.8 Å². The Morgan fingerprint density at radius 3 is 1.44 bits per heavy atom. The van der Waals surface area contributed by atoms with Crippen LogP contribution in [0.15, 0.2) is 192 Å². The molecule has 0 saturated heterocycles. The van der Waals surface area contributed by atoms with E-state index in [0.29, 0.717) is 16.9 Å². The molecule has 0 atom stereocenters. The number of rotatable bonds is 6. The van der Waals surface area contributed by atoms with Crippen molar-refractivity contribution in [2.45, 2.75) is 0 Å². The van der Waals surface area contributed by atoms with Crippen molar-refractivity contribution in [3.63, 3.8) is 0 Å². The molecule has 3 nitrogen and oxygen atoms in total. The molecule has 246 valence electrons. The van der Waals surface area contributed by atoms with E-state index in [1.807, 2.05) is 36.4 Å². The van der Waals surface area contributed by atoms with Gasteiger partial charge in [-0.2, -0.15) is 0 Å². The number of aromatic nitrogens is 1. The Balaban J connectivity index is 1.14. The molecule has 0 saturated carbocycles. The second kappa shape index (κ2) is 12.1. The van der Waals surface area contributed by atoms with E-state index in [1.165, 1.54) is 11.1 Å². The molecular formula is C48H31FN2O. The minimum absolute atomic E-state index is 0.310. The van der Waals surface area contributed by atoms with Crippen LogP contribution in [0.1, 0.15) is 0 Å². The molecule has 8 aromatic carbocycles. The van der Waals surface area contributed by atoms with Gasteiger partial charge in [-0.3, -0.25) is 0 Å². The van der Waals surface area contributed by atoms with Crippen molar-refractivity contribution in [1.29, 1.82) is 0 Å². The third kappa shape index (κ3) is 4.96. The average molecular weight is 671 g/mol. The summed E-state index contributed by atoms with van der Waals surface area (Å²) in [6.07, 6.45) is 0. The second-order valence-corrected chi connectivity index (χ2v) is 13.1. The number of fused-ring (bicyclic) bond motifs is 6. The Labute approximate surface area is 300 Å². The molecule has 2 aromatic heterocycles. The maximum absolute atomic E-state index is 15.6. The van der Waals surface area contributed by atoms with Crippen molar-refractivity contribution in [1.82, 2.24) is 4.57 Å². The number of benzene rings is 8. The van der Waals surface area contributed by atoms with Crippen LogP contribution in [0, 0.1) is 5.82 Å². The summed E-state index contributed by atoms with van der Waals surface area (Å²) in [5, 5.41) is 3.82. The van der Waals surface area contributed by atoms with Crippen LogP contribution in [0.5, 0.6) is 0 Å². The van der Waals surface area contributed by atoms with E-state index in [1.54, 1.807) is 12.1 Å². The minimum Gasteiger partial charge on any atom is -0.454 e. The van der Waals surface area contributed by atoms with Gasteiger partial charge in [0.15, 0.2) is 5.58 Å². The molecule has 52 heavy (non-hydrogen) atoms. The third-order valence-corrected chi connectivity index (χ3v) is 10.0. The van der Waals surface area contributed by atoms with Crippen LogP contribution >= 0.6 is 0 Å². The van der Waals surface area contributed by atoms with Crippen molar-refractivity contribution in [3.05, 3.63) is 194 Å². The van der Waals surface area contributed by atoms with Crippen molar-refractivity contribution in [2.75, 3.05) is 4.90 Å². The molecule has 2 heterocycles. The smallest absolute Gasteiger partial charge is 0.159 e. The molecule has 0 spiro atoms. The molecule has 0 radical (unpaired) electrons. The van der Waals surface area contributed by atoms with Gasteiger partial charge in [0.05, 0.1) is 16.7 Å². The van der Waals surface area contributed by atoms with Gasteiger partial charge in [-0.05, 0) is 76.9 Å². The van der Waals surface area contributed by atoms with Crippen LogP contribution in [0.2, 0.25) is 0 Å². The van der Waals surface area contributed by atoms with Gasteiger partial charge in [0.1, 0.15) is 11.4 Å². The molecule has 10 aromatic rings. The summed E-state index contributed by atoms with van der Waals surface area (Å²) in [5.41, 5.74) is 11.6. The van der Waals surface area contributed by atoms with Crippen LogP contribution < -0.4 is 4.90 Å². The lowest BCUT2D eigenvalue weighted by Gasteiger charge is -2.26. The van der Waals surface area contributed by atoms with Gasteiger partial charge in [-0.25, -0.2) is 4.39 Å². The highest BCUT2D eigenvalue weighted by molar-refractivity contribution is 6.13. The lowest BCUT2D eigenvalue weighted by molar-refractivity contribution is 0.624. The van der Waals surface area contributed by atoms with Gasteiger partial charge in [-0.1, -0.05) is 121 Å². The highest BCUT2D eigenvalue weighted by atomic mass is 19.1. The Bertz CT molecular complexity index is 2750. The fourth-order valence-electron chi connectivity index (χ4n) is 7.62.